The van der Waals surface area contributed by atoms with Gasteiger partial charge in [0.15, 0.2) is 0 Å². The SMILES string of the molecule is Cn1cc(SCCCCC(C)(N)CO)cn1. The molecule has 0 aromatic carbocycles. The lowest BCUT2D eigenvalue weighted by Gasteiger charge is -2.21. The van der Waals surface area contributed by atoms with E-state index in [1.807, 2.05) is 42.8 Å². The van der Waals surface area contributed by atoms with Gasteiger partial charge in [-0.05, 0) is 25.5 Å². The Bertz CT molecular complexity index is 312. The van der Waals surface area contributed by atoms with Gasteiger partial charge in [-0.15, -0.1) is 11.8 Å². The zero-order valence-electron chi connectivity index (χ0n) is 10.0. The van der Waals surface area contributed by atoms with E-state index < -0.39 is 5.54 Å². The number of aryl methyl sites for hydroxylation is 1. The maximum atomic E-state index is 8.99. The summed E-state index contributed by atoms with van der Waals surface area (Å²) in [4.78, 5) is 1.21. The summed E-state index contributed by atoms with van der Waals surface area (Å²) < 4.78 is 1.81. The second kappa shape index (κ2) is 6.27. The highest BCUT2D eigenvalue weighted by Gasteiger charge is 2.15. The van der Waals surface area contributed by atoms with Crippen LogP contribution in [0.4, 0.5) is 0 Å². The standard InChI is InChI=1S/C11H21N3OS/c1-11(12,9-15)5-3-4-6-16-10-7-13-14(2)8-10/h7-8,15H,3-6,9,12H2,1-2H3. The van der Waals surface area contributed by atoms with Crippen LogP contribution >= 0.6 is 11.8 Å². The van der Waals surface area contributed by atoms with Crippen molar-refractivity contribution in [1.82, 2.24) is 9.78 Å². The first-order chi connectivity index (χ1) is 7.53. The molecule has 1 aromatic rings. The van der Waals surface area contributed by atoms with E-state index in [9.17, 15) is 0 Å². The summed E-state index contributed by atoms with van der Waals surface area (Å²) in [5.41, 5.74) is 5.42. The molecule has 1 rings (SSSR count). The molecule has 0 radical (unpaired) electrons. The molecule has 0 aliphatic carbocycles. The fourth-order valence-corrected chi connectivity index (χ4v) is 2.31. The molecule has 92 valence electrons. The van der Waals surface area contributed by atoms with Gasteiger partial charge in [0.1, 0.15) is 0 Å². The normalized spacial score (nSPS) is 15.0. The van der Waals surface area contributed by atoms with Crippen molar-refractivity contribution in [3.63, 3.8) is 0 Å². The number of aliphatic hydroxyl groups is 1. The molecule has 0 saturated carbocycles. The monoisotopic (exact) mass is 243 g/mol. The fraction of sp³-hybridized carbons (Fsp3) is 0.727. The lowest BCUT2D eigenvalue weighted by atomic mass is 9.98. The quantitative estimate of drug-likeness (QED) is 0.561. The van der Waals surface area contributed by atoms with Crippen LogP contribution in [0.2, 0.25) is 0 Å². The molecule has 1 heterocycles. The average Bonchev–Trinajstić information content (AvgIpc) is 2.64. The number of aromatic nitrogens is 2. The van der Waals surface area contributed by atoms with Crippen molar-refractivity contribution in [2.75, 3.05) is 12.4 Å². The maximum Gasteiger partial charge on any atom is 0.0625 e. The third-order valence-electron chi connectivity index (χ3n) is 2.45. The van der Waals surface area contributed by atoms with Gasteiger partial charge in [-0.3, -0.25) is 4.68 Å². The molecule has 0 amide bonds. The van der Waals surface area contributed by atoms with Crippen LogP contribution < -0.4 is 5.73 Å². The lowest BCUT2D eigenvalue weighted by molar-refractivity contribution is 0.198. The van der Waals surface area contributed by atoms with E-state index in [1.165, 1.54) is 4.90 Å². The fourth-order valence-electron chi connectivity index (χ4n) is 1.37. The van der Waals surface area contributed by atoms with Crippen LogP contribution in [-0.4, -0.2) is 32.8 Å². The second-order valence-electron chi connectivity index (χ2n) is 4.47. The summed E-state index contributed by atoms with van der Waals surface area (Å²) in [7, 11) is 1.92. The molecule has 0 fully saturated rings. The smallest absolute Gasteiger partial charge is 0.0625 e. The Morgan fingerprint density at radius 3 is 2.88 bits per heavy atom. The largest absolute Gasteiger partial charge is 0.394 e. The van der Waals surface area contributed by atoms with Gasteiger partial charge in [0, 0.05) is 23.7 Å². The Balaban J connectivity index is 2.08. The molecule has 0 saturated heterocycles. The molecular weight excluding hydrogens is 222 g/mol. The van der Waals surface area contributed by atoms with E-state index in [2.05, 4.69) is 5.10 Å². The van der Waals surface area contributed by atoms with E-state index in [0.717, 1.165) is 25.0 Å². The zero-order valence-corrected chi connectivity index (χ0v) is 10.8. The summed E-state index contributed by atoms with van der Waals surface area (Å²) in [5.74, 6) is 1.08. The molecule has 0 aliphatic rings. The number of hydrogen-bond acceptors (Lipinski definition) is 4. The third-order valence-corrected chi connectivity index (χ3v) is 3.49. The van der Waals surface area contributed by atoms with Crippen LogP contribution in [0.3, 0.4) is 0 Å². The summed E-state index contributed by atoms with van der Waals surface area (Å²) >= 11 is 1.81. The summed E-state index contributed by atoms with van der Waals surface area (Å²) in [6.07, 6.45) is 6.95. The van der Waals surface area contributed by atoms with Gasteiger partial charge in [0.2, 0.25) is 0 Å². The van der Waals surface area contributed by atoms with Crippen LogP contribution in [0.1, 0.15) is 26.2 Å². The number of thioether (sulfide) groups is 1. The van der Waals surface area contributed by atoms with Crippen molar-refractivity contribution in [2.45, 2.75) is 36.6 Å². The Morgan fingerprint density at radius 1 is 1.56 bits per heavy atom. The minimum atomic E-state index is -0.418. The molecule has 1 atom stereocenters. The predicted molar refractivity (Wildman–Crippen MR) is 67.5 cm³/mol. The molecule has 16 heavy (non-hydrogen) atoms. The van der Waals surface area contributed by atoms with Crippen LogP contribution in [0.25, 0.3) is 0 Å². The summed E-state index contributed by atoms with van der Waals surface area (Å²) in [6, 6.07) is 0. The second-order valence-corrected chi connectivity index (χ2v) is 5.64. The predicted octanol–water partition coefficient (Wildman–Crippen LogP) is 1.39. The van der Waals surface area contributed by atoms with E-state index in [1.54, 1.807) is 0 Å². The number of aliphatic hydroxyl groups excluding tert-OH is 1. The van der Waals surface area contributed by atoms with E-state index >= 15 is 0 Å². The van der Waals surface area contributed by atoms with Gasteiger partial charge >= 0.3 is 0 Å². The van der Waals surface area contributed by atoms with Crippen molar-refractivity contribution in [3.05, 3.63) is 12.4 Å². The molecule has 5 heteroatoms. The van der Waals surface area contributed by atoms with Crippen molar-refractivity contribution >= 4 is 11.8 Å². The van der Waals surface area contributed by atoms with Crippen molar-refractivity contribution < 1.29 is 5.11 Å². The van der Waals surface area contributed by atoms with Gasteiger partial charge < -0.3 is 10.8 Å². The molecule has 0 spiro atoms. The van der Waals surface area contributed by atoms with Crippen LogP contribution in [-0.2, 0) is 7.05 Å². The molecule has 1 aromatic heterocycles. The third kappa shape index (κ3) is 5.01. The highest BCUT2D eigenvalue weighted by Crippen LogP contribution is 2.19. The molecule has 3 N–H and O–H groups in total. The van der Waals surface area contributed by atoms with Gasteiger partial charge in [-0.25, -0.2) is 0 Å². The molecular formula is C11H21N3OS. The number of unbranched alkanes of at least 4 members (excludes halogenated alkanes) is 1. The Labute approximate surface area is 101 Å². The van der Waals surface area contributed by atoms with Gasteiger partial charge in [-0.2, -0.15) is 5.10 Å². The summed E-state index contributed by atoms with van der Waals surface area (Å²) in [5, 5.41) is 13.1. The van der Waals surface area contributed by atoms with Gasteiger partial charge in [0.25, 0.3) is 0 Å². The van der Waals surface area contributed by atoms with Crippen LogP contribution in [0, 0.1) is 0 Å². The summed E-state index contributed by atoms with van der Waals surface area (Å²) in [6.45, 7) is 1.95. The number of nitrogens with two attached hydrogens (primary N) is 1. The number of hydrogen-bond donors (Lipinski definition) is 2. The Morgan fingerprint density at radius 2 is 2.31 bits per heavy atom. The molecule has 4 nitrogen and oxygen atoms in total. The molecule has 0 bridgehead atoms. The van der Waals surface area contributed by atoms with E-state index in [0.29, 0.717) is 0 Å². The van der Waals surface area contributed by atoms with Crippen molar-refractivity contribution in [2.24, 2.45) is 12.8 Å². The van der Waals surface area contributed by atoms with Crippen LogP contribution in [0.15, 0.2) is 17.3 Å². The maximum absolute atomic E-state index is 8.99. The average molecular weight is 243 g/mol. The minimum Gasteiger partial charge on any atom is -0.394 e. The highest BCUT2D eigenvalue weighted by molar-refractivity contribution is 7.99. The zero-order chi connectivity index (χ0) is 12.0. The van der Waals surface area contributed by atoms with Crippen molar-refractivity contribution in [1.29, 1.82) is 0 Å². The number of nitrogens with zero attached hydrogens (tertiary/aromatic N) is 2. The number of rotatable bonds is 7. The minimum absolute atomic E-state index is 0.0583. The van der Waals surface area contributed by atoms with Crippen molar-refractivity contribution in [3.8, 4) is 0 Å². The van der Waals surface area contributed by atoms with E-state index in [4.69, 9.17) is 10.8 Å². The molecule has 0 aliphatic heterocycles. The first-order valence-corrected chi connectivity index (χ1v) is 6.53. The first-order valence-electron chi connectivity index (χ1n) is 5.55. The van der Waals surface area contributed by atoms with E-state index in [-0.39, 0.29) is 6.61 Å². The molecule has 1 unspecified atom stereocenters. The first kappa shape index (κ1) is 13.5. The van der Waals surface area contributed by atoms with Crippen LogP contribution in [0.5, 0.6) is 0 Å². The Kier molecular flexibility index (Phi) is 5.31. The topological polar surface area (TPSA) is 64.1 Å². The Hall–Kier alpha value is -0.520. The van der Waals surface area contributed by atoms with Gasteiger partial charge in [-0.1, -0.05) is 6.42 Å². The highest BCUT2D eigenvalue weighted by atomic mass is 32.2. The lowest BCUT2D eigenvalue weighted by Crippen LogP contribution is -2.39. The van der Waals surface area contributed by atoms with Gasteiger partial charge in [0.05, 0.1) is 12.8 Å².